The average Bonchev–Trinajstić information content (AvgIpc) is 3.21. The first-order chi connectivity index (χ1) is 15.4. The van der Waals surface area contributed by atoms with Crippen LogP contribution in [0.1, 0.15) is 18.0 Å². The van der Waals surface area contributed by atoms with Gasteiger partial charge in [-0.05, 0) is 30.2 Å². The normalized spacial score (nSPS) is 22.4. The van der Waals surface area contributed by atoms with Crippen molar-refractivity contribution in [2.45, 2.75) is 19.0 Å². The summed E-state index contributed by atoms with van der Waals surface area (Å²) in [5.74, 6) is -1.88. The first-order valence-corrected chi connectivity index (χ1v) is 10.6. The van der Waals surface area contributed by atoms with Crippen LogP contribution in [0, 0.1) is 11.8 Å². The summed E-state index contributed by atoms with van der Waals surface area (Å²) in [6.07, 6.45) is 3.59. The topological polar surface area (TPSA) is 97.2 Å². The van der Waals surface area contributed by atoms with E-state index < -0.39 is 29.3 Å². The number of halogens is 1. The van der Waals surface area contributed by atoms with Gasteiger partial charge in [0.25, 0.3) is 0 Å². The Hall–Kier alpha value is -3.65. The molecule has 2 heterocycles. The predicted molar refractivity (Wildman–Crippen MR) is 119 cm³/mol. The van der Waals surface area contributed by atoms with Crippen molar-refractivity contribution in [2.24, 2.45) is 11.8 Å². The summed E-state index contributed by atoms with van der Waals surface area (Å²) >= 11 is 6.03. The lowest BCUT2D eigenvalue weighted by Gasteiger charge is -2.23. The van der Waals surface area contributed by atoms with E-state index in [1.165, 1.54) is 4.68 Å². The molecule has 1 fully saturated rings. The van der Waals surface area contributed by atoms with E-state index in [2.05, 4.69) is 5.10 Å². The molecule has 162 valence electrons. The van der Waals surface area contributed by atoms with Gasteiger partial charge in [0.1, 0.15) is 0 Å². The summed E-state index contributed by atoms with van der Waals surface area (Å²) < 4.78 is 2.35. The molecule has 8 nitrogen and oxygen atoms in total. The maximum atomic E-state index is 13.1. The Labute approximate surface area is 187 Å². The Morgan fingerprint density at radius 3 is 2.47 bits per heavy atom. The maximum absolute atomic E-state index is 13.1. The third kappa shape index (κ3) is 3.33. The minimum Gasteiger partial charge on any atom is -0.274 e. The molecule has 9 heteroatoms. The number of imide groups is 1. The number of anilines is 1. The molecule has 1 aromatic heterocycles. The third-order valence-corrected chi connectivity index (χ3v) is 6.23. The Kier molecular flexibility index (Phi) is 4.94. The zero-order chi connectivity index (χ0) is 22.4. The van der Waals surface area contributed by atoms with Crippen LogP contribution < -0.4 is 16.3 Å². The minimum absolute atomic E-state index is 0.143. The van der Waals surface area contributed by atoms with E-state index in [1.54, 1.807) is 36.4 Å². The lowest BCUT2D eigenvalue weighted by Crippen LogP contribution is -2.33. The molecule has 32 heavy (non-hydrogen) atoms. The van der Waals surface area contributed by atoms with Crippen molar-refractivity contribution in [3.05, 3.63) is 98.3 Å². The highest BCUT2D eigenvalue weighted by Crippen LogP contribution is 2.40. The van der Waals surface area contributed by atoms with Crippen molar-refractivity contribution >= 4 is 29.1 Å². The third-order valence-electron chi connectivity index (χ3n) is 5.99. The van der Waals surface area contributed by atoms with E-state index in [0.29, 0.717) is 10.7 Å². The van der Waals surface area contributed by atoms with Gasteiger partial charge in [-0.25, -0.2) is 28.8 Å². The van der Waals surface area contributed by atoms with Crippen LogP contribution in [0.5, 0.6) is 0 Å². The summed E-state index contributed by atoms with van der Waals surface area (Å²) in [6, 6.07) is 15.2. The van der Waals surface area contributed by atoms with Gasteiger partial charge in [-0.15, -0.1) is 0 Å². The molecule has 0 radical (unpaired) electrons. The van der Waals surface area contributed by atoms with Crippen LogP contribution in [0.15, 0.2) is 76.3 Å². The molecular formula is C23H19ClN4O4. The Bertz CT molecular complexity index is 1350. The summed E-state index contributed by atoms with van der Waals surface area (Å²) in [7, 11) is 0. The second-order valence-electron chi connectivity index (χ2n) is 7.95. The number of carbonyl (C=O) groups is 2. The lowest BCUT2D eigenvalue weighted by molar-refractivity contribution is -0.122. The van der Waals surface area contributed by atoms with E-state index in [-0.39, 0.29) is 24.8 Å². The van der Waals surface area contributed by atoms with Crippen LogP contribution in [0.4, 0.5) is 5.69 Å². The van der Waals surface area contributed by atoms with Crippen LogP contribution >= 0.6 is 11.6 Å². The summed E-state index contributed by atoms with van der Waals surface area (Å²) in [5, 5.41) is 3.02. The number of aromatic nitrogens is 3. The van der Waals surface area contributed by atoms with E-state index in [4.69, 9.17) is 11.6 Å². The van der Waals surface area contributed by atoms with Gasteiger partial charge in [0.05, 0.1) is 30.1 Å². The largest absolute Gasteiger partial charge is 0.347 e. The number of hydrogen-bond acceptors (Lipinski definition) is 4. The van der Waals surface area contributed by atoms with Gasteiger partial charge >= 0.3 is 11.4 Å². The van der Waals surface area contributed by atoms with Crippen LogP contribution in [0.25, 0.3) is 0 Å². The second-order valence-corrected chi connectivity index (χ2v) is 8.39. The van der Waals surface area contributed by atoms with Crippen molar-refractivity contribution in [2.75, 3.05) is 4.90 Å². The molecule has 2 aliphatic rings. The molecule has 0 saturated carbocycles. The molecular weight excluding hydrogens is 432 g/mol. The van der Waals surface area contributed by atoms with Gasteiger partial charge in [-0.3, -0.25) is 9.59 Å². The molecule has 0 unspecified atom stereocenters. The number of aromatic amines is 1. The van der Waals surface area contributed by atoms with Crippen molar-refractivity contribution in [1.82, 2.24) is 14.3 Å². The van der Waals surface area contributed by atoms with E-state index >= 15 is 0 Å². The number of hydrogen-bond donors (Lipinski definition) is 1. The Balaban J connectivity index is 1.43. The number of nitrogens with one attached hydrogen (secondary N) is 1. The van der Waals surface area contributed by atoms with Gasteiger partial charge in [0.2, 0.25) is 11.8 Å². The van der Waals surface area contributed by atoms with Crippen molar-refractivity contribution in [1.29, 1.82) is 0 Å². The molecule has 1 aliphatic heterocycles. The summed E-state index contributed by atoms with van der Waals surface area (Å²) in [6.45, 7) is 0.143. The SMILES string of the molecule is O=C1[C@H]2C[C@@H](n3[nH]c(=O)n(Cc4ccccc4)c3=O)C=C[C@H]2C(=O)N1c1cccc(Cl)c1. The molecule has 3 aromatic rings. The first kappa shape index (κ1) is 20.3. The Morgan fingerprint density at radius 2 is 1.72 bits per heavy atom. The number of rotatable bonds is 4. The predicted octanol–water partition coefficient (Wildman–Crippen LogP) is 2.35. The van der Waals surface area contributed by atoms with Crippen molar-refractivity contribution in [3.63, 3.8) is 0 Å². The van der Waals surface area contributed by atoms with Gasteiger partial charge < -0.3 is 0 Å². The fourth-order valence-electron chi connectivity index (χ4n) is 4.42. The average molecular weight is 451 g/mol. The number of allylic oxidation sites excluding steroid dienone is 1. The first-order valence-electron chi connectivity index (χ1n) is 10.2. The van der Waals surface area contributed by atoms with Crippen molar-refractivity contribution < 1.29 is 9.59 Å². The summed E-state index contributed by atoms with van der Waals surface area (Å²) in [4.78, 5) is 52.5. The molecule has 3 atom stereocenters. The zero-order valence-corrected chi connectivity index (χ0v) is 17.6. The van der Waals surface area contributed by atoms with Gasteiger partial charge in [0.15, 0.2) is 0 Å². The number of H-pyrrole nitrogens is 1. The van der Waals surface area contributed by atoms with E-state index in [1.807, 2.05) is 30.3 Å². The van der Waals surface area contributed by atoms with E-state index in [9.17, 15) is 19.2 Å². The minimum atomic E-state index is -0.621. The highest BCUT2D eigenvalue weighted by atomic mass is 35.5. The molecule has 1 saturated heterocycles. The standard InChI is InChI=1S/C23H19ClN4O4/c24-15-7-4-8-16(11-15)27-20(29)18-10-9-17(12-19(18)21(27)30)28-23(32)26(22(31)25-28)13-14-5-2-1-3-6-14/h1-11,17-19H,12-13H2,(H,25,31)/t17-,18+,19-/m0/s1. The Morgan fingerprint density at radius 1 is 0.938 bits per heavy atom. The van der Waals surface area contributed by atoms with Gasteiger partial charge in [-0.2, -0.15) is 0 Å². The molecule has 2 amide bonds. The van der Waals surface area contributed by atoms with Gasteiger partial charge in [0, 0.05) is 5.02 Å². The van der Waals surface area contributed by atoms with Crippen LogP contribution in [-0.2, 0) is 16.1 Å². The summed E-state index contributed by atoms with van der Waals surface area (Å²) in [5.41, 5.74) is 0.233. The van der Waals surface area contributed by atoms with Crippen LogP contribution in [0.2, 0.25) is 5.02 Å². The van der Waals surface area contributed by atoms with Crippen LogP contribution in [0.3, 0.4) is 0 Å². The smallest absolute Gasteiger partial charge is 0.274 e. The second kappa shape index (κ2) is 7.80. The molecule has 1 N–H and O–H groups in total. The number of benzene rings is 2. The lowest BCUT2D eigenvalue weighted by atomic mass is 9.84. The molecule has 0 spiro atoms. The highest BCUT2D eigenvalue weighted by molar-refractivity contribution is 6.31. The number of carbonyl (C=O) groups excluding carboxylic acids is 2. The number of nitrogens with zero attached hydrogens (tertiary/aromatic N) is 3. The maximum Gasteiger partial charge on any atom is 0.347 e. The highest BCUT2D eigenvalue weighted by Gasteiger charge is 2.49. The monoisotopic (exact) mass is 450 g/mol. The van der Waals surface area contributed by atoms with Crippen LogP contribution in [-0.4, -0.2) is 26.2 Å². The molecule has 5 rings (SSSR count). The fraction of sp³-hybridized carbons (Fsp3) is 0.217. The molecule has 2 aromatic carbocycles. The zero-order valence-electron chi connectivity index (χ0n) is 16.8. The van der Waals surface area contributed by atoms with Gasteiger partial charge in [-0.1, -0.05) is 60.2 Å². The fourth-order valence-corrected chi connectivity index (χ4v) is 4.60. The van der Waals surface area contributed by atoms with Crippen molar-refractivity contribution in [3.8, 4) is 0 Å². The molecule has 1 aliphatic carbocycles. The quantitative estimate of drug-likeness (QED) is 0.487. The number of amides is 2. The van der Waals surface area contributed by atoms with E-state index in [0.717, 1.165) is 15.0 Å². The molecule has 0 bridgehead atoms. The number of fused-ring (bicyclic) bond motifs is 1.